The van der Waals surface area contributed by atoms with Crippen LogP contribution in [0.15, 0.2) is 18.2 Å². The maximum absolute atomic E-state index is 13.6. The topological polar surface area (TPSA) is 61.4 Å². The van der Waals surface area contributed by atoms with Gasteiger partial charge in [0.05, 0.1) is 5.69 Å². The van der Waals surface area contributed by atoms with Crippen molar-refractivity contribution in [3.8, 4) is 0 Å². The molecule has 0 radical (unpaired) electrons. The predicted octanol–water partition coefficient (Wildman–Crippen LogP) is 2.11. The molecular formula is C14H24FN3O2S. The molecule has 0 saturated heterocycles. The van der Waals surface area contributed by atoms with Crippen LogP contribution in [0.5, 0.6) is 0 Å². The predicted molar refractivity (Wildman–Crippen MR) is 84.1 cm³/mol. The van der Waals surface area contributed by atoms with E-state index in [1.54, 1.807) is 13.0 Å². The Morgan fingerprint density at radius 1 is 1.33 bits per heavy atom. The molecule has 120 valence electrons. The van der Waals surface area contributed by atoms with Crippen LogP contribution in [0.2, 0.25) is 0 Å². The van der Waals surface area contributed by atoms with Gasteiger partial charge in [-0.1, -0.05) is 19.9 Å². The van der Waals surface area contributed by atoms with Gasteiger partial charge >= 0.3 is 10.2 Å². The molecule has 0 aliphatic carbocycles. The summed E-state index contributed by atoms with van der Waals surface area (Å²) in [6, 6.07) is 4.68. The number of hydrogen-bond donors (Lipinski definition) is 2. The van der Waals surface area contributed by atoms with Gasteiger partial charge in [0.15, 0.2) is 0 Å². The first-order valence-electron chi connectivity index (χ1n) is 6.96. The van der Waals surface area contributed by atoms with Crippen LogP contribution in [0.25, 0.3) is 0 Å². The van der Waals surface area contributed by atoms with E-state index < -0.39 is 16.0 Å². The van der Waals surface area contributed by atoms with E-state index in [1.165, 1.54) is 23.5 Å². The van der Waals surface area contributed by atoms with Crippen molar-refractivity contribution in [2.45, 2.75) is 33.2 Å². The molecule has 1 aromatic carbocycles. The van der Waals surface area contributed by atoms with E-state index in [0.717, 1.165) is 12.1 Å². The van der Waals surface area contributed by atoms with Crippen molar-refractivity contribution in [2.75, 3.05) is 24.9 Å². The normalized spacial score (nSPS) is 12.1. The zero-order valence-electron chi connectivity index (χ0n) is 13.0. The zero-order chi connectivity index (χ0) is 16.0. The first-order chi connectivity index (χ1) is 9.72. The Labute approximate surface area is 126 Å². The van der Waals surface area contributed by atoms with Crippen LogP contribution in [0, 0.1) is 12.7 Å². The summed E-state index contributed by atoms with van der Waals surface area (Å²) in [5.74, 6) is -0.584. The fraction of sp³-hybridized carbons (Fsp3) is 0.571. The second-order valence-electron chi connectivity index (χ2n) is 5.37. The maximum atomic E-state index is 13.6. The summed E-state index contributed by atoms with van der Waals surface area (Å²) >= 11 is 0. The Morgan fingerprint density at radius 3 is 2.62 bits per heavy atom. The third kappa shape index (κ3) is 5.99. The Bertz CT molecular complexity index is 561. The van der Waals surface area contributed by atoms with Gasteiger partial charge in [-0.05, 0) is 37.6 Å². The number of benzene rings is 1. The van der Waals surface area contributed by atoms with Gasteiger partial charge in [-0.3, -0.25) is 4.72 Å². The summed E-state index contributed by atoms with van der Waals surface area (Å²) < 4.78 is 41.3. The molecule has 0 fully saturated rings. The van der Waals surface area contributed by atoms with Gasteiger partial charge in [0.1, 0.15) is 5.82 Å². The molecule has 2 N–H and O–H groups in total. The average molecular weight is 317 g/mol. The number of aryl methyl sites for hydroxylation is 1. The van der Waals surface area contributed by atoms with Crippen LogP contribution in [-0.2, 0) is 10.2 Å². The summed E-state index contributed by atoms with van der Waals surface area (Å²) in [6.45, 7) is 6.93. The molecule has 0 bridgehead atoms. The Kier molecular flexibility index (Phi) is 6.57. The van der Waals surface area contributed by atoms with Crippen LogP contribution >= 0.6 is 0 Å². The van der Waals surface area contributed by atoms with Gasteiger partial charge in [-0.15, -0.1) is 0 Å². The van der Waals surface area contributed by atoms with Crippen molar-refractivity contribution in [3.05, 3.63) is 29.6 Å². The standard InChI is InChI=1S/C14H24FN3O2S/c1-11(2)16-8-5-9-18(4)21(19,20)17-14-10-12(3)6-7-13(14)15/h6-7,10-11,16-17H,5,8-9H2,1-4H3. The Balaban J connectivity index is 2.61. The summed E-state index contributed by atoms with van der Waals surface area (Å²) in [5.41, 5.74) is 0.764. The lowest BCUT2D eigenvalue weighted by atomic mass is 10.2. The molecule has 1 aromatic rings. The molecule has 21 heavy (non-hydrogen) atoms. The molecule has 5 nitrogen and oxygen atoms in total. The minimum Gasteiger partial charge on any atom is -0.314 e. The molecular weight excluding hydrogens is 293 g/mol. The van der Waals surface area contributed by atoms with E-state index in [1.807, 2.05) is 13.8 Å². The molecule has 0 atom stereocenters. The lowest BCUT2D eigenvalue weighted by Crippen LogP contribution is -2.35. The highest BCUT2D eigenvalue weighted by molar-refractivity contribution is 7.90. The number of halogens is 1. The van der Waals surface area contributed by atoms with Crippen molar-refractivity contribution in [1.29, 1.82) is 0 Å². The highest BCUT2D eigenvalue weighted by atomic mass is 32.2. The van der Waals surface area contributed by atoms with Crippen LogP contribution < -0.4 is 10.0 Å². The first kappa shape index (κ1) is 17.9. The third-order valence-corrected chi connectivity index (χ3v) is 4.45. The number of rotatable bonds is 8. The lowest BCUT2D eigenvalue weighted by molar-refractivity contribution is 0.451. The molecule has 0 amide bonds. The largest absolute Gasteiger partial charge is 0.314 e. The second-order valence-corrected chi connectivity index (χ2v) is 7.15. The van der Waals surface area contributed by atoms with Gasteiger partial charge in [-0.2, -0.15) is 12.7 Å². The quantitative estimate of drug-likeness (QED) is 0.722. The molecule has 0 aliphatic rings. The van der Waals surface area contributed by atoms with E-state index in [-0.39, 0.29) is 5.69 Å². The van der Waals surface area contributed by atoms with Crippen LogP contribution in [0.1, 0.15) is 25.8 Å². The molecule has 0 spiro atoms. The van der Waals surface area contributed by atoms with Crippen molar-refractivity contribution >= 4 is 15.9 Å². The average Bonchev–Trinajstić information content (AvgIpc) is 2.38. The number of nitrogens with zero attached hydrogens (tertiary/aromatic N) is 1. The number of nitrogens with one attached hydrogen (secondary N) is 2. The molecule has 0 unspecified atom stereocenters. The van der Waals surface area contributed by atoms with Crippen molar-refractivity contribution < 1.29 is 12.8 Å². The number of hydrogen-bond acceptors (Lipinski definition) is 3. The molecule has 0 heterocycles. The Hall–Kier alpha value is -1.18. The monoisotopic (exact) mass is 317 g/mol. The molecule has 1 rings (SSSR count). The van der Waals surface area contributed by atoms with Gasteiger partial charge in [0.2, 0.25) is 0 Å². The van der Waals surface area contributed by atoms with E-state index in [9.17, 15) is 12.8 Å². The smallest absolute Gasteiger partial charge is 0.301 e. The molecule has 0 aromatic heterocycles. The first-order valence-corrected chi connectivity index (χ1v) is 8.40. The molecule has 0 aliphatic heterocycles. The highest BCUT2D eigenvalue weighted by Crippen LogP contribution is 2.17. The SMILES string of the molecule is Cc1ccc(F)c(NS(=O)(=O)N(C)CCCNC(C)C)c1. The molecule has 0 saturated carbocycles. The van der Waals surface area contributed by atoms with E-state index in [0.29, 0.717) is 19.0 Å². The highest BCUT2D eigenvalue weighted by Gasteiger charge is 2.18. The Morgan fingerprint density at radius 2 is 2.00 bits per heavy atom. The fourth-order valence-electron chi connectivity index (χ4n) is 1.75. The zero-order valence-corrected chi connectivity index (χ0v) is 13.8. The van der Waals surface area contributed by atoms with Crippen molar-refractivity contribution in [2.24, 2.45) is 0 Å². The summed E-state index contributed by atoms with van der Waals surface area (Å²) in [7, 11) is -2.26. The summed E-state index contributed by atoms with van der Waals surface area (Å²) in [6.07, 6.45) is 0.686. The van der Waals surface area contributed by atoms with Crippen LogP contribution in [-0.4, -0.2) is 38.9 Å². The van der Waals surface area contributed by atoms with Crippen LogP contribution in [0.4, 0.5) is 10.1 Å². The second kappa shape index (κ2) is 7.72. The molecule has 7 heteroatoms. The van der Waals surface area contributed by atoms with Gasteiger partial charge in [0.25, 0.3) is 0 Å². The van der Waals surface area contributed by atoms with E-state index >= 15 is 0 Å². The minimum absolute atomic E-state index is 0.0258. The van der Waals surface area contributed by atoms with Crippen LogP contribution in [0.3, 0.4) is 0 Å². The summed E-state index contributed by atoms with van der Waals surface area (Å²) in [4.78, 5) is 0. The van der Waals surface area contributed by atoms with Crippen molar-refractivity contribution in [3.63, 3.8) is 0 Å². The third-order valence-electron chi connectivity index (χ3n) is 2.97. The van der Waals surface area contributed by atoms with E-state index in [2.05, 4.69) is 10.0 Å². The minimum atomic E-state index is -3.74. The van der Waals surface area contributed by atoms with Crippen molar-refractivity contribution in [1.82, 2.24) is 9.62 Å². The van der Waals surface area contributed by atoms with Gasteiger partial charge in [0, 0.05) is 19.6 Å². The summed E-state index contributed by atoms with van der Waals surface area (Å²) in [5, 5.41) is 3.22. The maximum Gasteiger partial charge on any atom is 0.301 e. The fourth-order valence-corrected chi connectivity index (χ4v) is 2.71. The van der Waals surface area contributed by atoms with Gasteiger partial charge < -0.3 is 5.32 Å². The number of anilines is 1. The lowest BCUT2D eigenvalue weighted by Gasteiger charge is -2.19. The van der Waals surface area contributed by atoms with Gasteiger partial charge in [-0.25, -0.2) is 4.39 Å². The van der Waals surface area contributed by atoms with E-state index in [4.69, 9.17) is 0 Å².